The SMILES string of the molecule is CCNC1C(N(C)CCCOC)CCCC1(C)C. The van der Waals surface area contributed by atoms with Crippen molar-refractivity contribution in [2.75, 3.05) is 33.9 Å². The molecule has 2 unspecified atom stereocenters. The van der Waals surface area contributed by atoms with Crippen molar-refractivity contribution in [3.05, 3.63) is 0 Å². The van der Waals surface area contributed by atoms with Crippen molar-refractivity contribution in [1.29, 1.82) is 0 Å². The van der Waals surface area contributed by atoms with Crippen LogP contribution in [0, 0.1) is 5.41 Å². The Bertz CT molecular complexity index is 231. The molecule has 1 saturated carbocycles. The van der Waals surface area contributed by atoms with Gasteiger partial charge < -0.3 is 15.0 Å². The third kappa shape index (κ3) is 4.22. The van der Waals surface area contributed by atoms with Crippen molar-refractivity contribution < 1.29 is 4.74 Å². The molecule has 0 aromatic heterocycles. The van der Waals surface area contributed by atoms with Gasteiger partial charge in [0.25, 0.3) is 0 Å². The van der Waals surface area contributed by atoms with Gasteiger partial charge in [0.1, 0.15) is 0 Å². The molecule has 0 aromatic rings. The van der Waals surface area contributed by atoms with E-state index in [4.69, 9.17) is 4.74 Å². The van der Waals surface area contributed by atoms with Crippen LogP contribution >= 0.6 is 0 Å². The van der Waals surface area contributed by atoms with Gasteiger partial charge in [-0.15, -0.1) is 0 Å². The number of hydrogen-bond acceptors (Lipinski definition) is 3. The maximum atomic E-state index is 5.15. The molecule has 3 heteroatoms. The highest BCUT2D eigenvalue weighted by molar-refractivity contribution is 4.97. The summed E-state index contributed by atoms with van der Waals surface area (Å²) in [7, 11) is 4.05. The Morgan fingerprint density at radius 1 is 1.39 bits per heavy atom. The van der Waals surface area contributed by atoms with Crippen molar-refractivity contribution >= 4 is 0 Å². The minimum absolute atomic E-state index is 0.411. The van der Waals surface area contributed by atoms with E-state index in [1.165, 1.54) is 19.3 Å². The van der Waals surface area contributed by atoms with E-state index in [2.05, 4.69) is 38.0 Å². The molecule has 18 heavy (non-hydrogen) atoms. The first kappa shape index (κ1) is 15.9. The average Bonchev–Trinajstić information content (AvgIpc) is 2.31. The fourth-order valence-electron chi connectivity index (χ4n) is 3.34. The molecule has 0 heterocycles. The van der Waals surface area contributed by atoms with Crippen molar-refractivity contribution in [3.63, 3.8) is 0 Å². The molecule has 2 atom stereocenters. The second kappa shape index (κ2) is 7.46. The number of hydrogen-bond donors (Lipinski definition) is 1. The van der Waals surface area contributed by atoms with Crippen LogP contribution in [0.5, 0.6) is 0 Å². The van der Waals surface area contributed by atoms with Gasteiger partial charge in [0.05, 0.1) is 0 Å². The lowest BCUT2D eigenvalue weighted by Crippen LogP contribution is -2.58. The Morgan fingerprint density at radius 3 is 2.72 bits per heavy atom. The normalized spacial score (nSPS) is 27.7. The molecule has 1 rings (SSSR count). The molecule has 0 aliphatic heterocycles. The van der Waals surface area contributed by atoms with E-state index < -0.39 is 0 Å². The second-order valence-electron chi connectivity index (χ2n) is 6.31. The molecule has 3 nitrogen and oxygen atoms in total. The molecule has 1 aliphatic carbocycles. The van der Waals surface area contributed by atoms with E-state index in [0.29, 0.717) is 17.5 Å². The van der Waals surface area contributed by atoms with Crippen LogP contribution in [0.4, 0.5) is 0 Å². The van der Waals surface area contributed by atoms with E-state index in [0.717, 1.165) is 26.1 Å². The molecule has 0 spiro atoms. The number of methoxy groups -OCH3 is 1. The minimum atomic E-state index is 0.411. The zero-order valence-electron chi connectivity index (χ0n) is 13.0. The fourth-order valence-corrected chi connectivity index (χ4v) is 3.34. The van der Waals surface area contributed by atoms with Crippen LogP contribution in [0.2, 0.25) is 0 Å². The lowest BCUT2D eigenvalue weighted by atomic mass is 9.70. The summed E-state index contributed by atoms with van der Waals surface area (Å²) in [5, 5.41) is 3.72. The van der Waals surface area contributed by atoms with Crippen LogP contribution in [-0.4, -0.2) is 50.8 Å². The molecule has 0 radical (unpaired) electrons. The monoisotopic (exact) mass is 256 g/mol. The first-order valence-corrected chi connectivity index (χ1v) is 7.45. The fraction of sp³-hybridized carbons (Fsp3) is 1.00. The van der Waals surface area contributed by atoms with E-state index in [1.807, 2.05) is 0 Å². The summed E-state index contributed by atoms with van der Waals surface area (Å²) in [6.07, 6.45) is 5.15. The van der Waals surface area contributed by atoms with Crippen LogP contribution in [-0.2, 0) is 4.74 Å². The van der Waals surface area contributed by atoms with Gasteiger partial charge in [-0.3, -0.25) is 0 Å². The average molecular weight is 256 g/mol. The van der Waals surface area contributed by atoms with Gasteiger partial charge >= 0.3 is 0 Å². The predicted molar refractivity (Wildman–Crippen MR) is 78.0 cm³/mol. The van der Waals surface area contributed by atoms with Crippen LogP contribution < -0.4 is 5.32 Å². The highest BCUT2D eigenvalue weighted by Crippen LogP contribution is 2.37. The minimum Gasteiger partial charge on any atom is -0.385 e. The van der Waals surface area contributed by atoms with E-state index in [-0.39, 0.29) is 0 Å². The molecule has 108 valence electrons. The second-order valence-corrected chi connectivity index (χ2v) is 6.31. The molecule has 1 N–H and O–H groups in total. The van der Waals surface area contributed by atoms with Gasteiger partial charge in [-0.1, -0.05) is 27.2 Å². The summed E-state index contributed by atoms with van der Waals surface area (Å²) in [6.45, 7) is 10.1. The van der Waals surface area contributed by atoms with E-state index in [9.17, 15) is 0 Å². The standard InChI is InChI=1S/C15H32N2O/c1-6-16-14-13(9-7-10-15(14,2)3)17(4)11-8-12-18-5/h13-14,16H,6-12H2,1-5H3. The molecule has 1 aliphatic rings. The number of nitrogens with zero attached hydrogens (tertiary/aromatic N) is 1. The van der Waals surface area contributed by atoms with Crippen LogP contribution in [0.25, 0.3) is 0 Å². The summed E-state index contributed by atoms with van der Waals surface area (Å²) in [5.74, 6) is 0. The third-order valence-electron chi connectivity index (χ3n) is 4.40. The molecular formula is C15H32N2O. The Hall–Kier alpha value is -0.120. The van der Waals surface area contributed by atoms with Gasteiger partial charge in [0, 0.05) is 32.3 Å². The van der Waals surface area contributed by atoms with Crippen molar-refractivity contribution in [3.8, 4) is 0 Å². The first-order chi connectivity index (χ1) is 8.53. The van der Waals surface area contributed by atoms with Crippen molar-refractivity contribution in [2.24, 2.45) is 5.41 Å². The maximum Gasteiger partial charge on any atom is 0.0474 e. The Kier molecular flexibility index (Phi) is 6.61. The van der Waals surface area contributed by atoms with Crippen LogP contribution in [0.1, 0.15) is 46.5 Å². The Balaban J connectivity index is 2.59. The van der Waals surface area contributed by atoms with Gasteiger partial charge in [-0.05, 0) is 38.3 Å². The van der Waals surface area contributed by atoms with Crippen LogP contribution in [0.3, 0.4) is 0 Å². The summed E-state index contributed by atoms with van der Waals surface area (Å²) < 4.78 is 5.15. The number of rotatable bonds is 7. The molecule has 0 amide bonds. The van der Waals surface area contributed by atoms with E-state index >= 15 is 0 Å². The largest absolute Gasteiger partial charge is 0.385 e. The highest BCUT2D eigenvalue weighted by atomic mass is 16.5. The molecule has 0 saturated heterocycles. The van der Waals surface area contributed by atoms with Gasteiger partial charge in [0.2, 0.25) is 0 Å². The Morgan fingerprint density at radius 2 is 2.11 bits per heavy atom. The zero-order valence-corrected chi connectivity index (χ0v) is 13.0. The molecule has 0 bridgehead atoms. The highest BCUT2D eigenvalue weighted by Gasteiger charge is 2.39. The van der Waals surface area contributed by atoms with Gasteiger partial charge in [0.15, 0.2) is 0 Å². The molecular weight excluding hydrogens is 224 g/mol. The first-order valence-electron chi connectivity index (χ1n) is 7.45. The smallest absolute Gasteiger partial charge is 0.0474 e. The summed E-state index contributed by atoms with van der Waals surface area (Å²) >= 11 is 0. The van der Waals surface area contributed by atoms with Crippen molar-refractivity contribution in [1.82, 2.24) is 10.2 Å². The van der Waals surface area contributed by atoms with Gasteiger partial charge in [-0.2, -0.15) is 0 Å². The predicted octanol–water partition coefficient (Wildman–Crippen LogP) is 2.51. The van der Waals surface area contributed by atoms with Crippen LogP contribution in [0.15, 0.2) is 0 Å². The molecule has 1 fully saturated rings. The van der Waals surface area contributed by atoms with Crippen molar-refractivity contribution in [2.45, 2.75) is 58.5 Å². The zero-order chi connectivity index (χ0) is 13.6. The third-order valence-corrected chi connectivity index (χ3v) is 4.40. The number of likely N-dealkylation sites (N-methyl/N-ethyl adjacent to an activating group) is 2. The van der Waals surface area contributed by atoms with Gasteiger partial charge in [-0.25, -0.2) is 0 Å². The number of ether oxygens (including phenoxy) is 1. The lowest BCUT2D eigenvalue weighted by Gasteiger charge is -2.48. The lowest BCUT2D eigenvalue weighted by molar-refractivity contribution is 0.0585. The summed E-state index contributed by atoms with van der Waals surface area (Å²) in [4.78, 5) is 2.53. The Labute approximate surface area is 113 Å². The topological polar surface area (TPSA) is 24.5 Å². The van der Waals surface area contributed by atoms with E-state index in [1.54, 1.807) is 7.11 Å². The quantitative estimate of drug-likeness (QED) is 0.708. The maximum absolute atomic E-state index is 5.15. The summed E-state index contributed by atoms with van der Waals surface area (Å²) in [6, 6.07) is 1.29. The molecule has 0 aromatic carbocycles. The summed E-state index contributed by atoms with van der Waals surface area (Å²) in [5.41, 5.74) is 0.411. The number of nitrogens with one attached hydrogen (secondary N) is 1.